The van der Waals surface area contributed by atoms with E-state index in [0.29, 0.717) is 6.42 Å². The van der Waals surface area contributed by atoms with Crippen LogP contribution >= 0.6 is 22.9 Å². The van der Waals surface area contributed by atoms with Gasteiger partial charge < -0.3 is 0 Å². The molecule has 2 rings (SSSR count). The quantitative estimate of drug-likeness (QED) is 0.752. The van der Waals surface area contributed by atoms with Crippen LogP contribution in [0.4, 0.5) is 4.39 Å². The Bertz CT molecular complexity index is 507. The maximum Gasteiger partial charge on any atom is 0.123 e. The van der Waals surface area contributed by atoms with Crippen molar-refractivity contribution in [2.45, 2.75) is 25.6 Å². The highest BCUT2D eigenvalue weighted by Crippen LogP contribution is 2.32. The smallest absolute Gasteiger partial charge is 0.123 e. The predicted octanol–water partition coefficient (Wildman–Crippen LogP) is 4.42. The maximum absolute atomic E-state index is 12.8. The Morgan fingerprint density at radius 1 is 1.29 bits per heavy atom. The lowest BCUT2D eigenvalue weighted by atomic mass is 10.1. The average molecular weight is 270 g/mol. The number of benzene rings is 1. The molecule has 1 nitrogen and oxygen atoms in total. The van der Waals surface area contributed by atoms with Crippen molar-refractivity contribution >= 4 is 22.9 Å². The first kappa shape index (κ1) is 12.5. The lowest BCUT2D eigenvalue weighted by Gasteiger charge is -2.08. The van der Waals surface area contributed by atoms with Gasteiger partial charge >= 0.3 is 0 Å². The van der Waals surface area contributed by atoms with E-state index in [2.05, 4.69) is 4.98 Å². The molecule has 0 aliphatic rings. The molecule has 1 aromatic carbocycles. The Hall–Kier alpha value is -0.930. The van der Waals surface area contributed by atoms with Crippen molar-refractivity contribution in [3.63, 3.8) is 0 Å². The van der Waals surface area contributed by atoms with Gasteiger partial charge in [-0.1, -0.05) is 12.1 Å². The minimum Gasteiger partial charge on any atom is -0.247 e. The molecule has 0 radical (unpaired) electrons. The van der Waals surface area contributed by atoms with Crippen molar-refractivity contribution in [1.82, 2.24) is 4.98 Å². The summed E-state index contributed by atoms with van der Waals surface area (Å²) in [6.45, 7) is 3.95. The Kier molecular flexibility index (Phi) is 3.79. The van der Waals surface area contributed by atoms with Crippen molar-refractivity contribution in [1.29, 1.82) is 0 Å². The summed E-state index contributed by atoms with van der Waals surface area (Å²) in [5.74, 6) is -0.218. The second kappa shape index (κ2) is 5.15. The number of nitrogens with zero attached hydrogens (tertiary/aromatic N) is 1. The number of hydrogen-bond acceptors (Lipinski definition) is 2. The van der Waals surface area contributed by atoms with Crippen molar-refractivity contribution in [2.75, 3.05) is 0 Å². The molecule has 0 spiro atoms. The fraction of sp³-hybridized carbons (Fsp3) is 0.308. The Morgan fingerprint density at radius 2 is 1.94 bits per heavy atom. The van der Waals surface area contributed by atoms with Gasteiger partial charge in [-0.25, -0.2) is 9.37 Å². The van der Waals surface area contributed by atoms with Gasteiger partial charge in [-0.3, -0.25) is 0 Å². The van der Waals surface area contributed by atoms with E-state index in [1.54, 1.807) is 23.5 Å². The summed E-state index contributed by atoms with van der Waals surface area (Å²) in [6.07, 6.45) is 0.699. The van der Waals surface area contributed by atoms with Crippen LogP contribution in [0.2, 0.25) is 0 Å². The normalized spacial score (nSPS) is 12.7. The fourth-order valence-electron chi connectivity index (χ4n) is 1.76. The summed E-state index contributed by atoms with van der Waals surface area (Å²) in [5, 5.41) is 0.939. The third kappa shape index (κ3) is 3.05. The van der Waals surface area contributed by atoms with E-state index < -0.39 is 0 Å². The van der Waals surface area contributed by atoms with Gasteiger partial charge in [0, 0.05) is 4.88 Å². The number of halogens is 2. The van der Waals surface area contributed by atoms with Crippen LogP contribution in [0.15, 0.2) is 24.3 Å². The summed E-state index contributed by atoms with van der Waals surface area (Å²) in [7, 11) is 0. The molecule has 1 aromatic heterocycles. The molecule has 1 atom stereocenters. The number of aryl methyl sites for hydroxylation is 2. The molecule has 0 N–H and O–H groups in total. The Balaban J connectivity index is 2.14. The maximum atomic E-state index is 12.8. The van der Waals surface area contributed by atoms with Crippen LogP contribution in [0.5, 0.6) is 0 Å². The molecule has 0 fully saturated rings. The fourth-order valence-corrected chi connectivity index (χ4v) is 3.13. The van der Waals surface area contributed by atoms with Crippen molar-refractivity contribution in [3.8, 4) is 0 Å². The summed E-state index contributed by atoms with van der Waals surface area (Å²) in [5.41, 5.74) is 2.03. The van der Waals surface area contributed by atoms with Crippen LogP contribution in [-0.2, 0) is 6.42 Å². The molecule has 4 heteroatoms. The van der Waals surface area contributed by atoms with E-state index >= 15 is 0 Å². The van der Waals surface area contributed by atoms with Gasteiger partial charge in [0.25, 0.3) is 0 Å². The summed E-state index contributed by atoms with van der Waals surface area (Å²) < 4.78 is 12.8. The zero-order valence-corrected chi connectivity index (χ0v) is 11.3. The first-order chi connectivity index (χ1) is 8.06. The minimum absolute atomic E-state index is 0.0911. The number of aromatic nitrogens is 1. The molecule has 17 heavy (non-hydrogen) atoms. The van der Waals surface area contributed by atoms with Crippen molar-refractivity contribution < 1.29 is 4.39 Å². The van der Waals surface area contributed by atoms with Crippen molar-refractivity contribution in [2.24, 2.45) is 0 Å². The molecule has 0 amide bonds. The van der Waals surface area contributed by atoms with Gasteiger partial charge in [-0.05, 0) is 38.0 Å². The van der Waals surface area contributed by atoms with Crippen LogP contribution < -0.4 is 0 Å². The van der Waals surface area contributed by atoms with E-state index in [-0.39, 0.29) is 11.2 Å². The Morgan fingerprint density at radius 3 is 2.47 bits per heavy atom. The lowest BCUT2D eigenvalue weighted by Crippen LogP contribution is -1.95. The van der Waals surface area contributed by atoms with E-state index in [4.69, 9.17) is 11.6 Å². The molecule has 0 aliphatic carbocycles. The van der Waals surface area contributed by atoms with Gasteiger partial charge in [0.05, 0.1) is 16.1 Å². The minimum atomic E-state index is -0.218. The second-order valence-corrected chi connectivity index (χ2v) is 5.74. The number of rotatable bonds is 3. The Labute approximate surface area is 109 Å². The van der Waals surface area contributed by atoms with Gasteiger partial charge in [0.1, 0.15) is 5.82 Å². The number of hydrogen-bond donors (Lipinski definition) is 0. The molecule has 90 valence electrons. The molecule has 1 heterocycles. The van der Waals surface area contributed by atoms with E-state index in [9.17, 15) is 4.39 Å². The number of thiazole rings is 1. The van der Waals surface area contributed by atoms with Gasteiger partial charge in [0.15, 0.2) is 0 Å². The third-order valence-corrected chi connectivity index (χ3v) is 4.24. The lowest BCUT2D eigenvalue weighted by molar-refractivity contribution is 0.627. The molecule has 0 saturated heterocycles. The van der Waals surface area contributed by atoms with Gasteiger partial charge in [-0.2, -0.15) is 0 Å². The molecule has 0 bridgehead atoms. The second-order valence-electron chi connectivity index (χ2n) is 3.98. The molecule has 2 aromatic rings. The highest BCUT2D eigenvalue weighted by atomic mass is 35.5. The summed E-state index contributed by atoms with van der Waals surface area (Å²) in [6, 6.07) is 6.47. The highest BCUT2D eigenvalue weighted by Gasteiger charge is 2.15. The monoisotopic (exact) mass is 269 g/mol. The average Bonchev–Trinajstić information content (AvgIpc) is 2.61. The molecule has 1 unspecified atom stereocenters. The van der Waals surface area contributed by atoms with Crippen LogP contribution in [0.25, 0.3) is 0 Å². The van der Waals surface area contributed by atoms with Crippen molar-refractivity contribution in [3.05, 3.63) is 51.2 Å². The summed E-state index contributed by atoms with van der Waals surface area (Å²) >= 11 is 8.00. The molecular weight excluding hydrogens is 257 g/mol. The van der Waals surface area contributed by atoms with E-state index in [1.807, 2.05) is 13.8 Å². The van der Waals surface area contributed by atoms with Crippen LogP contribution in [0, 0.1) is 19.7 Å². The molecule has 0 saturated carbocycles. The zero-order valence-electron chi connectivity index (χ0n) is 9.71. The predicted molar refractivity (Wildman–Crippen MR) is 70.3 cm³/mol. The van der Waals surface area contributed by atoms with E-state index in [1.165, 1.54) is 12.1 Å². The largest absolute Gasteiger partial charge is 0.247 e. The van der Waals surface area contributed by atoms with Crippen LogP contribution in [0.3, 0.4) is 0 Å². The SMILES string of the molecule is Cc1nc(C)c(C(Cl)Cc2ccc(F)cc2)s1. The number of alkyl halides is 1. The van der Waals surface area contributed by atoms with Crippen LogP contribution in [-0.4, -0.2) is 4.98 Å². The summed E-state index contributed by atoms with van der Waals surface area (Å²) in [4.78, 5) is 5.47. The topological polar surface area (TPSA) is 12.9 Å². The zero-order chi connectivity index (χ0) is 12.4. The molecular formula is C13H13ClFNS. The standard InChI is InChI=1S/C13H13ClFNS/c1-8-13(17-9(2)16-8)12(14)7-10-3-5-11(15)6-4-10/h3-6,12H,7H2,1-2H3. The molecule has 0 aliphatic heterocycles. The first-order valence-electron chi connectivity index (χ1n) is 5.38. The van der Waals surface area contributed by atoms with Gasteiger partial charge in [0.2, 0.25) is 0 Å². The third-order valence-electron chi connectivity index (χ3n) is 2.55. The highest BCUT2D eigenvalue weighted by molar-refractivity contribution is 7.12. The first-order valence-corrected chi connectivity index (χ1v) is 6.64. The van der Waals surface area contributed by atoms with Crippen LogP contribution in [0.1, 0.15) is 26.5 Å². The van der Waals surface area contributed by atoms with Gasteiger partial charge in [-0.15, -0.1) is 22.9 Å². The van der Waals surface area contributed by atoms with E-state index in [0.717, 1.165) is 21.1 Å².